The minimum absolute atomic E-state index is 0. The summed E-state index contributed by atoms with van der Waals surface area (Å²) >= 11 is 1.47. The third-order valence-corrected chi connectivity index (χ3v) is 1.64. The summed E-state index contributed by atoms with van der Waals surface area (Å²) in [5.41, 5.74) is 0. The molecule has 0 aromatic heterocycles. The molecule has 0 heterocycles. The van der Waals surface area contributed by atoms with Gasteiger partial charge in [0.15, 0.2) is 0 Å². The first-order valence-corrected chi connectivity index (χ1v) is 4.31. The first kappa shape index (κ1) is 11.0. The Hall–Kier alpha value is 1.10. The first-order valence-electron chi connectivity index (χ1n) is 2.60. The molecule has 0 nitrogen and oxygen atoms in total. The second kappa shape index (κ2) is 7.10. The van der Waals surface area contributed by atoms with Gasteiger partial charge in [-0.25, -0.2) is 0 Å². The summed E-state index contributed by atoms with van der Waals surface area (Å²) in [6.07, 6.45) is 2.79. The van der Waals surface area contributed by atoms with Gasteiger partial charge in [-0.2, -0.15) is 0 Å². The number of hydrogen-bond acceptors (Lipinski definition) is 0. The van der Waals surface area contributed by atoms with E-state index in [1.807, 2.05) is 0 Å². The molecule has 0 aliphatic carbocycles. The molecule has 2 heteroatoms. The predicted molar refractivity (Wildman–Crippen MR) is 34.7 cm³/mol. The van der Waals surface area contributed by atoms with E-state index in [0.717, 1.165) is 4.51 Å². The Morgan fingerprint density at radius 3 is 2.00 bits per heavy atom. The number of hydrogen-bond donors (Lipinski definition) is 0. The quantitative estimate of drug-likeness (QED) is 0.624. The van der Waals surface area contributed by atoms with Crippen molar-refractivity contribution < 1.29 is 18.3 Å². The second-order valence-electron chi connectivity index (χ2n) is 1.89. The van der Waals surface area contributed by atoms with Crippen molar-refractivity contribution in [2.24, 2.45) is 0 Å². The van der Waals surface area contributed by atoms with E-state index in [9.17, 15) is 0 Å². The van der Waals surface area contributed by atoms with E-state index in [1.54, 1.807) is 0 Å². The molecule has 41 valence electrons. The maximum absolute atomic E-state index is 2.31. The van der Waals surface area contributed by atoms with Crippen molar-refractivity contribution in [1.29, 1.82) is 0 Å². The fraction of sp³-hybridized carbons (Fsp3) is 1.00. The van der Waals surface area contributed by atoms with Crippen molar-refractivity contribution in [1.82, 2.24) is 0 Å². The van der Waals surface area contributed by atoms with Gasteiger partial charge in [0, 0.05) is 0 Å². The topological polar surface area (TPSA) is 0 Å². The van der Waals surface area contributed by atoms with Crippen molar-refractivity contribution in [3.8, 4) is 0 Å². The maximum atomic E-state index is 2.31. The summed E-state index contributed by atoms with van der Waals surface area (Å²) in [7, 11) is 0. The third-order valence-electron chi connectivity index (χ3n) is 0.781. The van der Waals surface area contributed by atoms with Crippen LogP contribution in [0.3, 0.4) is 0 Å². The molecule has 1 atom stereocenters. The van der Waals surface area contributed by atoms with Gasteiger partial charge in [-0.1, -0.05) is 0 Å². The summed E-state index contributed by atoms with van der Waals surface area (Å²) in [6, 6.07) is 0. The number of rotatable bonds is 2. The van der Waals surface area contributed by atoms with Crippen LogP contribution in [0.4, 0.5) is 0 Å². The van der Waals surface area contributed by atoms with Crippen LogP contribution in [0.25, 0.3) is 0 Å². The fourth-order valence-corrected chi connectivity index (χ4v) is 1.35. The summed E-state index contributed by atoms with van der Waals surface area (Å²) < 4.78 is 1.02. The molecule has 0 aliphatic rings. The monoisotopic (exact) mass is 215 g/mol. The van der Waals surface area contributed by atoms with E-state index in [4.69, 9.17) is 0 Å². The molecule has 1 unspecified atom stereocenters. The van der Waals surface area contributed by atoms with Gasteiger partial charge in [-0.15, -0.1) is 17.0 Å². The zero-order chi connectivity index (χ0) is 4.99. The van der Waals surface area contributed by atoms with E-state index in [2.05, 4.69) is 13.8 Å². The summed E-state index contributed by atoms with van der Waals surface area (Å²) in [5.74, 6) is 0. The standard InChI is InChI=1S/C5H11.BrH.Zn/c1-3-5-4-2;;/h3H,4-5H2,1-2H3;1H;. The van der Waals surface area contributed by atoms with Crippen LogP contribution in [0.1, 0.15) is 26.7 Å². The Bertz CT molecular complexity index is 29.3. The molecule has 0 amide bonds. The number of halogens is 1. The zero-order valence-electron chi connectivity index (χ0n) is 5.11. The van der Waals surface area contributed by atoms with Gasteiger partial charge < -0.3 is 0 Å². The predicted octanol–water partition coefficient (Wildman–Crippen LogP) is 2.72. The minimum atomic E-state index is 0. The Balaban J connectivity index is 0. The molecule has 0 radical (unpaired) electrons. The zero-order valence-corrected chi connectivity index (χ0v) is 9.79. The van der Waals surface area contributed by atoms with Gasteiger partial charge in [-0.05, 0) is 0 Å². The van der Waals surface area contributed by atoms with E-state index in [-0.39, 0.29) is 17.0 Å². The van der Waals surface area contributed by atoms with Crippen LogP contribution in [-0.2, 0) is 18.3 Å². The Morgan fingerprint density at radius 1 is 1.57 bits per heavy atom. The molecule has 0 N–H and O–H groups in total. The van der Waals surface area contributed by atoms with Crippen LogP contribution in [0.15, 0.2) is 0 Å². The third kappa shape index (κ3) is 11.0. The van der Waals surface area contributed by atoms with Gasteiger partial charge in [0.25, 0.3) is 0 Å². The Labute approximate surface area is 66.5 Å². The van der Waals surface area contributed by atoms with Crippen LogP contribution in [0.2, 0.25) is 4.51 Å². The van der Waals surface area contributed by atoms with Crippen LogP contribution in [0.5, 0.6) is 0 Å². The van der Waals surface area contributed by atoms with Gasteiger partial charge in [0.2, 0.25) is 0 Å². The second-order valence-corrected chi connectivity index (χ2v) is 4.82. The van der Waals surface area contributed by atoms with Crippen LogP contribution >= 0.6 is 17.0 Å². The van der Waals surface area contributed by atoms with E-state index in [1.165, 1.54) is 31.1 Å². The molecular formula is C5H12BrZn. The molecule has 7 heavy (non-hydrogen) atoms. The van der Waals surface area contributed by atoms with E-state index < -0.39 is 0 Å². The van der Waals surface area contributed by atoms with Gasteiger partial charge >= 0.3 is 49.5 Å². The molecular weight excluding hydrogens is 205 g/mol. The molecule has 0 rings (SSSR count). The molecule has 0 saturated carbocycles. The Kier molecular flexibility index (Phi) is 11.1. The summed E-state index contributed by atoms with van der Waals surface area (Å²) in [6.45, 7) is 4.55. The average Bonchev–Trinajstić information content (AvgIpc) is 1.35. The van der Waals surface area contributed by atoms with Crippen molar-refractivity contribution >= 4 is 17.0 Å². The molecule has 0 fully saturated rings. The van der Waals surface area contributed by atoms with Crippen molar-refractivity contribution in [3.05, 3.63) is 0 Å². The molecule has 0 bridgehead atoms. The summed E-state index contributed by atoms with van der Waals surface area (Å²) in [4.78, 5) is 0. The van der Waals surface area contributed by atoms with Crippen LogP contribution < -0.4 is 0 Å². The van der Waals surface area contributed by atoms with Gasteiger partial charge in [0.05, 0.1) is 0 Å². The first-order chi connectivity index (χ1) is 2.77. The van der Waals surface area contributed by atoms with Crippen molar-refractivity contribution in [3.63, 3.8) is 0 Å². The van der Waals surface area contributed by atoms with Crippen LogP contribution in [-0.4, -0.2) is 0 Å². The molecule has 0 aliphatic heterocycles. The fourth-order valence-electron chi connectivity index (χ4n) is 0.493. The van der Waals surface area contributed by atoms with Crippen molar-refractivity contribution in [2.45, 2.75) is 31.2 Å². The molecule has 0 aromatic carbocycles. The van der Waals surface area contributed by atoms with Gasteiger partial charge in [0.1, 0.15) is 0 Å². The molecule has 0 spiro atoms. The van der Waals surface area contributed by atoms with E-state index >= 15 is 0 Å². The Morgan fingerprint density at radius 2 is 2.00 bits per heavy atom. The summed E-state index contributed by atoms with van der Waals surface area (Å²) in [5, 5.41) is 0. The average molecular weight is 217 g/mol. The van der Waals surface area contributed by atoms with Gasteiger partial charge in [-0.3, -0.25) is 0 Å². The van der Waals surface area contributed by atoms with Crippen molar-refractivity contribution in [2.75, 3.05) is 0 Å². The van der Waals surface area contributed by atoms with Crippen LogP contribution in [0, 0.1) is 0 Å². The normalized spacial score (nSPS) is 12.6. The SMILES string of the molecule is Br.CCC[CH](C)[Zn]. The van der Waals surface area contributed by atoms with E-state index in [0.29, 0.717) is 0 Å². The molecule has 0 aromatic rings. The molecule has 0 saturated heterocycles.